The second kappa shape index (κ2) is 7.04. The summed E-state index contributed by atoms with van der Waals surface area (Å²) in [5.41, 5.74) is 1.69. The van der Waals surface area contributed by atoms with Crippen LogP contribution in [0.2, 0.25) is 0 Å². The second-order valence-electron chi connectivity index (χ2n) is 5.14. The first-order valence-corrected chi connectivity index (χ1v) is 7.49. The topological polar surface area (TPSA) is 62.6 Å². The molecule has 0 bridgehead atoms. The smallest absolute Gasteiger partial charge is 0.325 e. The van der Waals surface area contributed by atoms with Gasteiger partial charge in [-0.3, -0.25) is 4.79 Å². The van der Waals surface area contributed by atoms with Crippen molar-refractivity contribution in [3.63, 3.8) is 0 Å². The molecule has 6 nitrogen and oxygen atoms in total. The van der Waals surface area contributed by atoms with Crippen molar-refractivity contribution in [3.8, 4) is 11.5 Å². The maximum absolute atomic E-state index is 11.7. The normalized spacial score (nSPS) is 10.6. The first-order chi connectivity index (χ1) is 11.7. The number of para-hydroxylation sites is 2. The number of fused-ring (bicyclic) bond motifs is 1. The molecular formula is C18H18N2O4. The first kappa shape index (κ1) is 15.9. The molecule has 0 saturated heterocycles. The highest BCUT2D eigenvalue weighted by Gasteiger charge is 2.14. The molecule has 1 aromatic heterocycles. The molecule has 0 aliphatic heterocycles. The number of hydrogen-bond donors (Lipinski definition) is 0. The van der Waals surface area contributed by atoms with Crippen molar-refractivity contribution in [3.05, 3.63) is 54.4 Å². The molecule has 6 heteroatoms. The third-order valence-corrected chi connectivity index (χ3v) is 3.68. The van der Waals surface area contributed by atoms with Crippen LogP contribution in [0.15, 0.2) is 48.5 Å². The summed E-state index contributed by atoms with van der Waals surface area (Å²) in [6.07, 6.45) is 0. The van der Waals surface area contributed by atoms with Gasteiger partial charge in [-0.25, -0.2) is 4.98 Å². The largest absolute Gasteiger partial charge is 0.497 e. The minimum atomic E-state index is -0.330. The lowest BCUT2D eigenvalue weighted by atomic mass is 10.3. The maximum Gasteiger partial charge on any atom is 0.325 e. The lowest BCUT2D eigenvalue weighted by molar-refractivity contribution is -0.141. The highest BCUT2D eigenvalue weighted by Crippen LogP contribution is 2.20. The molecular weight excluding hydrogens is 308 g/mol. The Morgan fingerprint density at radius 3 is 2.46 bits per heavy atom. The molecule has 0 fully saturated rings. The van der Waals surface area contributed by atoms with Crippen molar-refractivity contribution in [2.45, 2.75) is 13.2 Å². The Morgan fingerprint density at radius 2 is 1.75 bits per heavy atom. The van der Waals surface area contributed by atoms with E-state index in [2.05, 4.69) is 4.98 Å². The first-order valence-electron chi connectivity index (χ1n) is 7.49. The predicted octanol–water partition coefficient (Wildman–Crippen LogP) is 2.80. The van der Waals surface area contributed by atoms with Crippen LogP contribution in [0.5, 0.6) is 11.5 Å². The van der Waals surface area contributed by atoms with Gasteiger partial charge in [-0.1, -0.05) is 12.1 Å². The molecule has 124 valence electrons. The van der Waals surface area contributed by atoms with Crippen molar-refractivity contribution in [2.75, 3.05) is 14.2 Å². The lowest BCUT2D eigenvalue weighted by Gasteiger charge is -2.10. The number of nitrogens with zero attached hydrogens (tertiary/aromatic N) is 2. The molecule has 0 aliphatic rings. The highest BCUT2D eigenvalue weighted by molar-refractivity contribution is 5.78. The second-order valence-corrected chi connectivity index (χ2v) is 5.14. The Bertz CT molecular complexity index is 840. The Balaban J connectivity index is 1.84. The van der Waals surface area contributed by atoms with Crippen LogP contribution < -0.4 is 9.47 Å². The molecule has 0 atom stereocenters. The molecule has 0 aliphatic carbocycles. The number of hydrogen-bond acceptors (Lipinski definition) is 5. The summed E-state index contributed by atoms with van der Waals surface area (Å²) in [5, 5.41) is 0. The zero-order chi connectivity index (χ0) is 16.9. The molecule has 24 heavy (non-hydrogen) atoms. The third kappa shape index (κ3) is 3.32. The summed E-state index contributed by atoms with van der Waals surface area (Å²) in [6.45, 7) is 0.344. The summed E-state index contributed by atoms with van der Waals surface area (Å²) in [5.74, 6) is 1.80. The summed E-state index contributed by atoms with van der Waals surface area (Å²) in [7, 11) is 2.99. The van der Waals surface area contributed by atoms with E-state index in [1.54, 1.807) is 7.11 Å². The van der Waals surface area contributed by atoms with Crippen LogP contribution in [0, 0.1) is 0 Å². The molecule has 0 amide bonds. The Morgan fingerprint density at radius 1 is 1.04 bits per heavy atom. The third-order valence-electron chi connectivity index (χ3n) is 3.68. The number of aromatic nitrogens is 2. The van der Waals surface area contributed by atoms with Gasteiger partial charge in [-0.15, -0.1) is 0 Å². The number of ether oxygens (including phenoxy) is 3. The van der Waals surface area contributed by atoms with E-state index in [0.29, 0.717) is 11.6 Å². The van der Waals surface area contributed by atoms with E-state index in [-0.39, 0.29) is 19.1 Å². The van der Waals surface area contributed by atoms with E-state index in [0.717, 1.165) is 16.8 Å². The van der Waals surface area contributed by atoms with Crippen LogP contribution in [-0.2, 0) is 22.7 Å². The molecule has 2 aromatic carbocycles. The van der Waals surface area contributed by atoms with Crippen molar-refractivity contribution in [2.24, 2.45) is 0 Å². The fraction of sp³-hybridized carbons (Fsp3) is 0.222. The molecule has 3 aromatic rings. The van der Waals surface area contributed by atoms with Gasteiger partial charge in [-0.2, -0.15) is 0 Å². The van der Waals surface area contributed by atoms with Crippen LogP contribution in [0.1, 0.15) is 5.82 Å². The van der Waals surface area contributed by atoms with E-state index in [4.69, 9.17) is 14.2 Å². The van der Waals surface area contributed by atoms with Gasteiger partial charge in [0.25, 0.3) is 0 Å². The van der Waals surface area contributed by atoms with E-state index in [1.165, 1.54) is 7.11 Å². The Hall–Kier alpha value is -3.02. The van der Waals surface area contributed by atoms with E-state index in [1.807, 2.05) is 53.1 Å². The average Bonchev–Trinajstić information content (AvgIpc) is 2.98. The number of methoxy groups -OCH3 is 2. The molecule has 0 radical (unpaired) electrons. The highest BCUT2D eigenvalue weighted by atomic mass is 16.5. The van der Waals surface area contributed by atoms with Gasteiger partial charge in [-0.05, 0) is 36.4 Å². The van der Waals surface area contributed by atoms with Crippen molar-refractivity contribution in [1.82, 2.24) is 9.55 Å². The summed E-state index contributed by atoms with van der Waals surface area (Å²) < 4.78 is 17.5. The van der Waals surface area contributed by atoms with Gasteiger partial charge in [0.05, 0.1) is 25.3 Å². The Kier molecular flexibility index (Phi) is 4.65. The van der Waals surface area contributed by atoms with Crippen LogP contribution in [-0.4, -0.2) is 29.7 Å². The van der Waals surface area contributed by atoms with Crippen LogP contribution in [0.3, 0.4) is 0 Å². The average molecular weight is 326 g/mol. The molecule has 0 unspecified atom stereocenters. The SMILES string of the molecule is COC(=O)Cn1c(COc2ccc(OC)cc2)nc2ccccc21. The van der Waals surface area contributed by atoms with Crippen molar-refractivity contribution >= 4 is 17.0 Å². The number of carbonyl (C=O) groups excluding carboxylic acids is 1. The van der Waals surface area contributed by atoms with Crippen LogP contribution in [0.25, 0.3) is 11.0 Å². The molecule has 0 saturated carbocycles. The summed E-state index contributed by atoms with van der Waals surface area (Å²) in [6, 6.07) is 14.9. The van der Waals surface area contributed by atoms with Gasteiger partial charge < -0.3 is 18.8 Å². The summed E-state index contributed by atoms with van der Waals surface area (Å²) >= 11 is 0. The fourth-order valence-corrected chi connectivity index (χ4v) is 2.43. The number of esters is 1. The van der Waals surface area contributed by atoms with E-state index in [9.17, 15) is 4.79 Å². The maximum atomic E-state index is 11.7. The van der Waals surface area contributed by atoms with Crippen molar-refractivity contribution in [1.29, 1.82) is 0 Å². The minimum absolute atomic E-state index is 0.0956. The summed E-state index contributed by atoms with van der Waals surface area (Å²) in [4.78, 5) is 16.2. The van der Waals surface area contributed by atoms with E-state index >= 15 is 0 Å². The minimum Gasteiger partial charge on any atom is -0.497 e. The van der Waals surface area contributed by atoms with Crippen LogP contribution in [0.4, 0.5) is 0 Å². The van der Waals surface area contributed by atoms with Crippen LogP contribution >= 0.6 is 0 Å². The van der Waals surface area contributed by atoms with Gasteiger partial charge in [0, 0.05) is 0 Å². The number of imidazole rings is 1. The molecule has 3 rings (SSSR count). The number of benzene rings is 2. The monoisotopic (exact) mass is 326 g/mol. The molecule has 1 heterocycles. The van der Waals surface area contributed by atoms with Gasteiger partial charge in [0.2, 0.25) is 0 Å². The van der Waals surface area contributed by atoms with Gasteiger partial charge in [0.1, 0.15) is 30.5 Å². The Labute approximate surface area is 139 Å². The predicted molar refractivity (Wildman–Crippen MR) is 89.1 cm³/mol. The quantitative estimate of drug-likeness (QED) is 0.652. The van der Waals surface area contributed by atoms with E-state index < -0.39 is 0 Å². The standard InChI is InChI=1S/C18H18N2O4/c1-22-13-7-9-14(10-8-13)24-12-17-19-15-5-3-4-6-16(15)20(17)11-18(21)23-2/h3-10H,11-12H2,1-2H3. The zero-order valence-corrected chi connectivity index (χ0v) is 13.6. The van der Waals surface area contributed by atoms with Gasteiger partial charge in [0.15, 0.2) is 0 Å². The number of carbonyl (C=O) groups is 1. The fourth-order valence-electron chi connectivity index (χ4n) is 2.43. The lowest BCUT2D eigenvalue weighted by Crippen LogP contribution is -2.15. The molecule has 0 N–H and O–H groups in total. The molecule has 0 spiro atoms. The zero-order valence-electron chi connectivity index (χ0n) is 13.6. The number of rotatable bonds is 6. The van der Waals surface area contributed by atoms with Crippen molar-refractivity contribution < 1.29 is 19.0 Å². The van der Waals surface area contributed by atoms with Gasteiger partial charge >= 0.3 is 5.97 Å².